The van der Waals surface area contributed by atoms with E-state index >= 15 is 0 Å². The molecular weight excluding hydrogens is 152 g/mol. The van der Waals surface area contributed by atoms with Gasteiger partial charge in [-0.2, -0.15) is 0 Å². The number of carbonyl (C=O) groups excluding carboxylic acids is 1. The van der Waals surface area contributed by atoms with E-state index in [1.54, 1.807) is 0 Å². The molecule has 1 rings (SSSR count). The highest BCUT2D eigenvalue weighted by atomic mass is 16.5. The van der Waals surface area contributed by atoms with Gasteiger partial charge < -0.3 is 4.74 Å². The summed E-state index contributed by atoms with van der Waals surface area (Å²) < 4.78 is 4.45. The molecule has 0 unspecified atom stereocenters. The lowest BCUT2D eigenvalue weighted by Crippen LogP contribution is -1.96. The Balaban J connectivity index is 1.98. The first-order chi connectivity index (χ1) is 5.83. The van der Waals surface area contributed by atoms with Gasteiger partial charge in [-0.15, -0.1) is 5.92 Å². The SMILES string of the molecule is COC(=O)CC#CCCC1CC1. The van der Waals surface area contributed by atoms with Crippen molar-refractivity contribution in [2.45, 2.75) is 32.1 Å². The monoisotopic (exact) mass is 166 g/mol. The maximum atomic E-state index is 10.6. The van der Waals surface area contributed by atoms with Crippen molar-refractivity contribution in [3.05, 3.63) is 0 Å². The number of ether oxygens (including phenoxy) is 1. The summed E-state index contributed by atoms with van der Waals surface area (Å²) in [7, 11) is 1.38. The van der Waals surface area contributed by atoms with Crippen LogP contribution in [-0.4, -0.2) is 13.1 Å². The lowest BCUT2D eigenvalue weighted by Gasteiger charge is -1.89. The van der Waals surface area contributed by atoms with Crippen molar-refractivity contribution >= 4 is 5.97 Å². The fourth-order valence-electron chi connectivity index (χ4n) is 0.978. The molecule has 0 aromatic carbocycles. The fourth-order valence-corrected chi connectivity index (χ4v) is 0.978. The average Bonchev–Trinajstić information content (AvgIpc) is 2.87. The van der Waals surface area contributed by atoms with E-state index in [9.17, 15) is 4.79 Å². The number of hydrogen-bond donors (Lipinski definition) is 0. The Kier molecular flexibility index (Phi) is 3.66. The van der Waals surface area contributed by atoms with Gasteiger partial charge in [-0.25, -0.2) is 0 Å². The van der Waals surface area contributed by atoms with Crippen LogP contribution in [0.25, 0.3) is 0 Å². The predicted octanol–water partition coefficient (Wildman–Crippen LogP) is 1.74. The molecule has 0 radical (unpaired) electrons. The summed E-state index contributed by atoms with van der Waals surface area (Å²) >= 11 is 0. The minimum atomic E-state index is -0.242. The molecule has 0 aromatic heterocycles. The van der Waals surface area contributed by atoms with Crippen molar-refractivity contribution in [3.63, 3.8) is 0 Å². The Morgan fingerprint density at radius 3 is 2.83 bits per heavy atom. The molecule has 0 bridgehead atoms. The summed E-state index contributed by atoms with van der Waals surface area (Å²) in [5, 5.41) is 0. The molecule has 0 spiro atoms. The number of carbonyl (C=O) groups is 1. The molecule has 1 aliphatic rings. The maximum absolute atomic E-state index is 10.6. The second-order valence-corrected chi connectivity index (χ2v) is 3.09. The van der Waals surface area contributed by atoms with Crippen LogP contribution in [0.5, 0.6) is 0 Å². The normalized spacial score (nSPS) is 14.8. The standard InChI is InChI=1S/C10H14O2/c1-12-10(11)6-4-2-3-5-9-7-8-9/h9H,3,5-8H2,1H3. The minimum Gasteiger partial charge on any atom is -0.468 e. The van der Waals surface area contributed by atoms with Crippen LogP contribution in [0.1, 0.15) is 32.1 Å². The average molecular weight is 166 g/mol. The van der Waals surface area contributed by atoms with Gasteiger partial charge in [0, 0.05) is 6.42 Å². The molecule has 2 heteroatoms. The summed E-state index contributed by atoms with van der Waals surface area (Å²) in [4.78, 5) is 10.6. The van der Waals surface area contributed by atoms with E-state index in [0.29, 0.717) is 0 Å². The van der Waals surface area contributed by atoms with Gasteiger partial charge in [0.05, 0.1) is 7.11 Å². The van der Waals surface area contributed by atoms with Crippen LogP contribution in [0, 0.1) is 17.8 Å². The van der Waals surface area contributed by atoms with Crippen molar-refractivity contribution in [1.29, 1.82) is 0 Å². The topological polar surface area (TPSA) is 26.3 Å². The first-order valence-corrected chi connectivity index (χ1v) is 4.35. The lowest BCUT2D eigenvalue weighted by atomic mass is 10.2. The van der Waals surface area contributed by atoms with Crippen LogP contribution in [-0.2, 0) is 9.53 Å². The Labute approximate surface area is 73.3 Å². The lowest BCUT2D eigenvalue weighted by molar-refractivity contribution is -0.139. The summed E-state index contributed by atoms with van der Waals surface area (Å²) in [6.45, 7) is 0. The largest absolute Gasteiger partial charge is 0.468 e. The molecule has 1 fully saturated rings. The second kappa shape index (κ2) is 4.82. The van der Waals surface area contributed by atoms with Gasteiger partial charge >= 0.3 is 5.97 Å². The summed E-state index contributed by atoms with van der Waals surface area (Å²) in [6.07, 6.45) is 5.12. The molecule has 0 heterocycles. The van der Waals surface area contributed by atoms with E-state index < -0.39 is 0 Å². The van der Waals surface area contributed by atoms with Crippen LogP contribution >= 0.6 is 0 Å². The smallest absolute Gasteiger partial charge is 0.317 e. The first-order valence-electron chi connectivity index (χ1n) is 4.35. The van der Waals surface area contributed by atoms with Gasteiger partial charge in [0.15, 0.2) is 0 Å². The molecule has 0 saturated heterocycles. The summed E-state index contributed by atoms with van der Waals surface area (Å²) in [5.41, 5.74) is 0. The zero-order valence-electron chi connectivity index (χ0n) is 7.43. The third-order valence-electron chi connectivity index (χ3n) is 1.96. The van der Waals surface area contributed by atoms with Gasteiger partial charge in [0.25, 0.3) is 0 Å². The molecule has 1 saturated carbocycles. The van der Waals surface area contributed by atoms with Crippen LogP contribution in [0.15, 0.2) is 0 Å². The number of rotatable bonds is 3. The number of hydrogen-bond acceptors (Lipinski definition) is 2. The number of methoxy groups -OCH3 is 1. The van der Waals surface area contributed by atoms with Crippen LogP contribution in [0.3, 0.4) is 0 Å². The van der Waals surface area contributed by atoms with E-state index in [2.05, 4.69) is 16.6 Å². The first kappa shape index (κ1) is 9.12. The van der Waals surface area contributed by atoms with E-state index in [-0.39, 0.29) is 12.4 Å². The van der Waals surface area contributed by atoms with Gasteiger partial charge in [0.1, 0.15) is 6.42 Å². The fraction of sp³-hybridized carbons (Fsp3) is 0.700. The molecule has 1 aliphatic carbocycles. The van der Waals surface area contributed by atoms with E-state index in [1.165, 1.54) is 26.4 Å². The molecule has 0 amide bonds. The minimum absolute atomic E-state index is 0.237. The van der Waals surface area contributed by atoms with Crippen molar-refractivity contribution in [2.75, 3.05) is 7.11 Å². The van der Waals surface area contributed by atoms with Gasteiger partial charge in [0.2, 0.25) is 0 Å². The molecule has 12 heavy (non-hydrogen) atoms. The van der Waals surface area contributed by atoms with Gasteiger partial charge in [-0.05, 0) is 12.3 Å². The molecule has 0 aromatic rings. The Hall–Kier alpha value is -0.970. The highest BCUT2D eigenvalue weighted by Crippen LogP contribution is 2.33. The van der Waals surface area contributed by atoms with Gasteiger partial charge in [-0.1, -0.05) is 18.8 Å². The predicted molar refractivity (Wildman–Crippen MR) is 46.4 cm³/mol. The molecule has 0 N–H and O–H groups in total. The van der Waals surface area contributed by atoms with Crippen LogP contribution < -0.4 is 0 Å². The van der Waals surface area contributed by atoms with E-state index in [0.717, 1.165) is 12.3 Å². The number of esters is 1. The zero-order valence-corrected chi connectivity index (χ0v) is 7.43. The molecular formula is C10H14O2. The quantitative estimate of drug-likeness (QED) is 0.471. The molecule has 66 valence electrons. The molecule has 2 nitrogen and oxygen atoms in total. The third-order valence-corrected chi connectivity index (χ3v) is 1.96. The highest BCUT2D eigenvalue weighted by molar-refractivity contribution is 5.72. The van der Waals surface area contributed by atoms with E-state index in [1.807, 2.05) is 0 Å². The van der Waals surface area contributed by atoms with E-state index in [4.69, 9.17) is 0 Å². The second-order valence-electron chi connectivity index (χ2n) is 3.09. The van der Waals surface area contributed by atoms with Crippen molar-refractivity contribution in [1.82, 2.24) is 0 Å². The maximum Gasteiger partial charge on any atom is 0.317 e. The van der Waals surface area contributed by atoms with Crippen molar-refractivity contribution in [2.24, 2.45) is 5.92 Å². The third kappa shape index (κ3) is 4.02. The summed E-state index contributed by atoms with van der Waals surface area (Å²) in [5.74, 6) is 6.45. The Morgan fingerprint density at radius 1 is 1.50 bits per heavy atom. The Bertz CT molecular complexity index is 206. The van der Waals surface area contributed by atoms with Gasteiger partial charge in [-0.3, -0.25) is 4.79 Å². The van der Waals surface area contributed by atoms with Crippen molar-refractivity contribution in [3.8, 4) is 11.8 Å². The Morgan fingerprint density at radius 2 is 2.25 bits per heavy atom. The van der Waals surface area contributed by atoms with Crippen LogP contribution in [0.4, 0.5) is 0 Å². The molecule has 0 atom stereocenters. The molecule has 0 aliphatic heterocycles. The zero-order chi connectivity index (χ0) is 8.81. The highest BCUT2D eigenvalue weighted by Gasteiger charge is 2.19. The van der Waals surface area contributed by atoms with Crippen LogP contribution in [0.2, 0.25) is 0 Å². The van der Waals surface area contributed by atoms with Crippen molar-refractivity contribution < 1.29 is 9.53 Å². The summed E-state index contributed by atoms with van der Waals surface area (Å²) in [6, 6.07) is 0.